The zero-order chi connectivity index (χ0) is 12.3. The molecule has 2 fully saturated rings. The van der Waals surface area contributed by atoms with Gasteiger partial charge in [-0.05, 0) is 45.1 Å². The molecule has 4 heteroatoms. The predicted octanol–water partition coefficient (Wildman–Crippen LogP) is 2.97. The molecule has 0 aliphatic heterocycles. The van der Waals surface area contributed by atoms with Gasteiger partial charge in [-0.2, -0.15) is 0 Å². The number of halogens is 2. The minimum Gasteiger partial charge on any atom is -0.378 e. The summed E-state index contributed by atoms with van der Waals surface area (Å²) in [7, 11) is 0. The van der Waals surface area contributed by atoms with Gasteiger partial charge in [0.15, 0.2) is 0 Å². The molecule has 0 saturated heterocycles. The van der Waals surface area contributed by atoms with Crippen molar-refractivity contribution < 1.29 is 13.5 Å². The van der Waals surface area contributed by atoms with E-state index in [1.807, 2.05) is 6.92 Å². The minimum atomic E-state index is -2.42. The van der Waals surface area contributed by atoms with E-state index in [1.54, 1.807) is 0 Å². The topological polar surface area (TPSA) is 21.3 Å². The Hall–Kier alpha value is -0.220. The maximum absolute atomic E-state index is 13.2. The highest BCUT2D eigenvalue weighted by Crippen LogP contribution is 2.36. The molecule has 0 aromatic rings. The Morgan fingerprint density at radius 1 is 1.35 bits per heavy atom. The SMILES string of the molecule is CCOC1CC(NCC2CCCC(F)(F)C2)C1. The summed E-state index contributed by atoms with van der Waals surface area (Å²) in [5.41, 5.74) is 0. The van der Waals surface area contributed by atoms with Crippen LogP contribution in [0.2, 0.25) is 0 Å². The van der Waals surface area contributed by atoms with Crippen molar-refractivity contribution in [2.24, 2.45) is 5.92 Å². The third-order valence-corrected chi connectivity index (χ3v) is 3.93. The van der Waals surface area contributed by atoms with Crippen LogP contribution in [0.25, 0.3) is 0 Å². The zero-order valence-electron chi connectivity index (χ0n) is 10.6. The smallest absolute Gasteiger partial charge is 0.248 e. The van der Waals surface area contributed by atoms with Crippen LogP contribution in [0.4, 0.5) is 8.78 Å². The molecule has 1 atom stereocenters. The van der Waals surface area contributed by atoms with E-state index >= 15 is 0 Å². The molecule has 0 radical (unpaired) electrons. The number of hydrogen-bond donors (Lipinski definition) is 1. The molecule has 0 spiro atoms. The summed E-state index contributed by atoms with van der Waals surface area (Å²) in [5, 5.41) is 3.40. The monoisotopic (exact) mass is 247 g/mol. The van der Waals surface area contributed by atoms with Gasteiger partial charge in [0.05, 0.1) is 6.10 Å². The molecule has 1 N–H and O–H groups in total. The Morgan fingerprint density at radius 3 is 2.76 bits per heavy atom. The molecule has 0 bridgehead atoms. The van der Waals surface area contributed by atoms with E-state index in [-0.39, 0.29) is 18.8 Å². The third kappa shape index (κ3) is 3.88. The van der Waals surface area contributed by atoms with E-state index in [0.29, 0.717) is 18.6 Å². The highest BCUT2D eigenvalue weighted by Gasteiger charge is 2.37. The first kappa shape index (κ1) is 13.2. The summed E-state index contributed by atoms with van der Waals surface area (Å²) in [6.45, 7) is 3.52. The molecule has 0 aromatic heterocycles. The van der Waals surface area contributed by atoms with Crippen molar-refractivity contribution >= 4 is 0 Å². The first-order chi connectivity index (χ1) is 8.09. The number of ether oxygens (including phenoxy) is 1. The van der Waals surface area contributed by atoms with Gasteiger partial charge in [-0.1, -0.05) is 0 Å². The van der Waals surface area contributed by atoms with Crippen molar-refractivity contribution in [3.63, 3.8) is 0 Å². The maximum atomic E-state index is 13.2. The lowest BCUT2D eigenvalue weighted by Gasteiger charge is -2.37. The largest absolute Gasteiger partial charge is 0.378 e. The van der Waals surface area contributed by atoms with Crippen molar-refractivity contribution in [3.05, 3.63) is 0 Å². The van der Waals surface area contributed by atoms with Gasteiger partial charge in [-0.25, -0.2) is 8.78 Å². The Kier molecular flexibility index (Phi) is 4.36. The summed E-state index contributed by atoms with van der Waals surface area (Å²) in [4.78, 5) is 0. The second-order valence-electron chi connectivity index (χ2n) is 5.47. The van der Waals surface area contributed by atoms with Gasteiger partial charge in [0.25, 0.3) is 0 Å². The van der Waals surface area contributed by atoms with Crippen molar-refractivity contribution in [3.8, 4) is 0 Å². The van der Waals surface area contributed by atoms with E-state index < -0.39 is 5.92 Å². The Labute approximate surface area is 102 Å². The molecule has 2 aliphatic carbocycles. The van der Waals surface area contributed by atoms with Crippen LogP contribution in [-0.2, 0) is 4.74 Å². The van der Waals surface area contributed by atoms with Crippen LogP contribution in [0.5, 0.6) is 0 Å². The second-order valence-corrected chi connectivity index (χ2v) is 5.47. The normalized spacial score (nSPS) is 36.5. The fourth-order valence-corrected chi connectivity index (χ4v) is 2.89. The predicted molar refractivity (Wildman–Crippen MR) is 63.3 cm³/mol. The number of rotatable bonds is 5. The molecular weight excluding hydrogens is 224 g/mol. The summed E-state index contributed by atoms with van der Waals surface area (Å²) >= 11 is 0. The van der Waals surface area contributed by atoms with Gasteiger partial charge in [-0.3, -0.25) is 0 Å². The summed E-state index contributed by atoms with van der Waals surface area (Å²) in [6.07, 6.45) is 4.25. The van der Waals surface area contributed by atoms with Crippen molar-refractivity contribution in [2.75, 3.05) is 13.2 Å². The van der Waals surface area contributed by atoms with Crippen molar-refractivity contribution in [2.45, 2.75) is 63.5 Å². The van der Waals surface area contributed by atoms with Gasteiger partial charge >= 0.3 is 0 Å². The Morgan fingerprint density at radius 2 is 2.12 bits per heavy atom. The van der Waals surface area contributed by atoms with Crippen LogP contribution in [-0.4, -0.2) is 31.2 Å². The Balaban J connectivity index is 1.60. The van der Waals surface area contributed by atoms with E-state index in [1.165, 1.54) is 0 Å². The fraction of sp³-hybridized carbons (Fsp3) is 1.00. The fourth-order valence-electron chi connectivity index (χ4n) is 2.89. The zero-order valence-corrected chi connectivity index (χ0v) is 10.6. The molecule has 2 nitrogen and oxygen atoms in total. The summed E-state index contributed by atoms with van der Waals surface area (Å²) in [5.74, 6) is -2.26. The molecule has 2 rings (SSSR count). The molecule has 0 amide bonds. The van der Waals surface area contributed by atoms with Crippen LogP contribution < -0.4 is 5.32 Å². The molecule has 100 valence electrons. The minimum absolute atomic E-state index is 0.0710. The van der Waals surface area contributed by atoms with Crippen LogP contribution in [0.1, 0.15) is 45.4 Å². The van der Waals surface area contributed by atoms with Crippen LogP contribution >= 0.6 is 0 Å². The van der Waals surface area contributed by atoms with E-state index in [9.17, 15) is 8.78 Å². The Bertz CT molecular complexity index is 242. The lowest BCUT2D eigenvalue weighted by Crippen LogP contribution is -2.47. The van der Waals surface area contributed by atoms with Gasteiger partial charge in [0, 0.05) is 25.5 Å². The maximum Gasteiger partial charge on any atom is 0.248 e. The van der Waals surface area contributed by atoms with E-state index in [2.05, 4.69) is 5.32 Å². The van der Waals surface area contributed by atoms with Crippen LogP contribution in [0, 0.1) is 5.92 Å². The van der Waals surface area contributed by atoms with E-state index in [0.717, 1.165) is 32.4 Å². The molecule has 0 aromatic carbocycles. The lowest BCUT2D eigenvalue weighted by molar-refractivity contribution is -0.0547. The molecule has 2 saturated carbocycles. The van der Waals surface area contributed by atoms with Crippen LogP contribution in [0.3, 0.4) is 0 Å². The second kappa shape index (κ2) is 5.61. The lowest BCUT2D eigenvalue weighted by atomic mass is 9.84. The average molecular weight is 247 g/mol. The van der Waals surface area contributed by atoms with Crippen molar-refractivity contribution in [1.29, 1.82) is 0 Å². The van der Waals surface area contributed by atoms with Gasteiger partial charge < -0.3 is 10.1 Å². The molecule has 0 heterocycles. The number of alkyl halides is 2. The standard InChI is InChI=1S/C13H23F2NO/c1-2-17-12-6-11(7-12)16-9-10-4-3-5-13(14,15)8-10/h10-12,16H,2-9H2,1H3. The first-order valence-electron chi connectivity index (χ1n) is 6.82. The van der Waals surface area contributed by atoms with Gasteiger partial charge in [-0.15, -0.1) is 0 Å². The van der Waals surface area contributed by atoms with Crippen LogP contribution in [0.15, 0.2) is 0 Å². The summed E-state index contributed by atoms with van der Waals surface area (Å²) in [6, 6.07) is 0.488. The summed E-state index contributed by atoms with van der Waals surface area (Å²) < 4.78 is 31.9. The molecular formula is C13H23F2NO. The number of hydrogen-bond acceptors (Lipinski definition) is 2. The molecule has 17 heavy (non-hydrogen) atoms. The van der Waals surface area contributed by atoms with E-state index in [4.69, 9.17) is 4.74 Å². The van der Waals surface area contributed by atoms with Crippen molar-refractivity contribution in [1.82, 2.24) is 5.32 Å². The average Bonchev–Trinajstić information content (AvgIpc) is 2.20. The highest BCUT2D eigenvalue weighted by atomic mass is 19.3. The quantitative estimate of drug-likeness (QED) is 0.806. The number of nitrogens with one attached hydrogen (secondary N) is 1. The highest BCUT2D eigenvalue weighted by molar-refractivity contribution is 4.88. The third-order valence-electron chi connectivity index (χ3n) is 3.93. The molecule has 1 unspecified atom stereocenters. The molecule has 2 aliphatic rings. The first-order valence-corrected chi connectivity index (χ1v) is 6.82. The van der Waals surface area contributed by atoms with Gasteiger partial charge in [0.2, 0.25) is 5.92 Å². The van der Waals surface area contributed by atoms with Gasteiger partial charge in [0.1, 0.15) is 0 Å².